The molecule has 3 aromatic rings. The first-order valence-electron chi connectivity index (χ1n) is 8.80. The first-order valence-corrected chi connectivity index (χ1v) is 10.5. The highest BCUT2D eigenvalue weighted by atomic mass is 32.1. The number of thiophene rings is 1. The quantitative estimate of drug-likeness (QED) is 0.599. The van der Waals surface area contributed by atoms with Gasteiger partial charge >= 0.3 is 0 Å². The van der Waals surface area contributed by atoms with Crippen molar-refractivity contribution < 1.29 is 4.79 Å². The molecule has 0 atom stereocenters. The number of carbonyl (C=O) groups excluding carboxylic acids is 1. The minimum atomic E-state index is 0.125. The Hall–Kier alpha value is -1.76. The van der Waals surface area contributed by atoms with Gasteiger partial charge in [-0.2, -0.15) is 0 Å². The van der Waals surface area contributed by atoms with E-state index >= 15 is 0 Å². The van der Waals surface area contributed by atoms with Crippen molar-refractivity contribution in [3.63, 3.8) is 0 Å². The lowest BCUT2D eigenvalue weighted by Gasteiger charge is -2.20. The molecule has 0 aliphatic carbocycles. The van der Waals surface area contributed by atoms with Crippen LogP contribution in [-0.2, 0) is 11.2 Å². The van der Waals surface area contributed by atoms with Gasteiger partial charge in [0.1, 0.15) is 0 Å². The molecule has 0 saturated carbocycles. The molecule has 0 spiro atoms. The van der Waals surface area contributed by atoms with E-state index in [1.54, 1.807) is 22.7 Å². The average Bonchev–Trinajstić information content (AvgIpc) is 3.24. The van der Waals surface area contributed by atoms with Gasteiger partial charge in [0.15, 0.2) is 5.13 Å². The Morgan fingerprint density at radius 3 is 2.65 bits per heavy atom. The van der Waals surface area contributed by atoms with E-state index in [1.165, 1.54) is 11.1 Å². The molecule has 138 valence electrons. The lowest BCUT2D eigenvalue weighted by Crippen LogP contribution is -2.34. The highest BCUT2D eigenvalue weighted by Crippen LogP contribution is 2.32. The van der Waals surface area contributed by atoms with Gasteiger partial charge in [0.25, 0.3) is 0 Å². The van der Waals surface area contributed by atoms with E-state index in [1.807, 2.05) is 22.4 Å². The molecule has 0 aliphatic rings. The van der Waals surface area contributed by atoms with Gasteiger partial charge in [0.05, 0.1) is 16.6 Å². The molecule has 4 nitrogen and oxygen atoms in total. The van der Waals surface area contributed by atoms with E-state index in [9.17, 15) is 4.79 Å². The molecule has 2 heterocycles. The molecular formula is C20H25N3OS2. The Bertz CT molecular complexity index is 884. The number of anilines is 1. The molecule has 0 aliphatic heterocycles. The van der Waals surface area contributed by atoms with Crippen LogP contribution >= 0.6 is 22.7 Å². The zero-order chi connectivity index (χ0) is 18.7. The van der Waals surface area contributed by atoms with E-state index in [4.69, 9.17) is 4.98 Å². The summed E-state index contributed by atoms with van der Waals surface area (Å²) < 4.78 is 1.14. The predicted molar refractivity (Wildman–Crippen MR) is 113 cm³/mol. The maximum absolute atomic E-state index is 13.0. The molecule has 26 heavy (non-hydrogen) atoms. The second-order valence-corrected chi connectivity index (χ2v) is 8.85. The van der Waals surface area contributed by atoms with Gasteiger partial charge in [-0.15, -0.1) is 11.3 Å². The van der Waals surface area contributed by atoms with Gasteiger partial charge in [-0.3, -0.25) is 9.69 Å². The van der Waals surface area contributed by atoms with Gasteiger partial charge in [-0.25, -0.2) is 4.98 Å². The number of aryl methyl sites for hydroxylation is 2. The smallest absolute Gasteiger partial charge is 0.234 e. The van der Waals surface area contributed by atoms with E-state index in [2.05, 4.69) is 45.0 Å². The number of thiazole rings is 1. The lowest BCUT2D eigenvalue weighted by molar-refractivity contribution is -0.118. The summed E-state index contributed by atoms with van der Waals surface area (Å²) >= 11 is 3.24. The Labute approximate surface area is 163 Å². The summed E-state index contributed by atoms with van der Waals surface area (Å²) in [5.74, 6) is 0.125. The summed E-state index contributed by atoms with van der Waals surface area (Å²) in [5.41, 5.74) is 3.45. The fourth-order valence-corrected chi connectivity index (χ4v) is 4.62. The number of nitrogens with zero attached hydrogens (tertiary/aromatic N) is 3. The molecular weight excluding hydrogens is 362 g/mol. The van der Waals surface area contributed by atoms with Crippen LogP contribution < -0.4 is 4.90 Å². The Morgan fingerprint density at radius 2 is 1.96 bits per heavy atom. The molecule has 1 amide bonds. The van der Waals surface area contributed by atoms with Crippen molar-refractivity contribution in [3.05, 3.63) is 45.6 Å². The van der Waals surface area contributed by atoms with Crippen molar-refractivity contribution in [1.29, 1.82) is 0 Å². The number of fused-ring (bicyclic) bond motifs is 1. The third-order valence-corrected chi connectivity index (χ3v) is 6.42. The largest absolute Gasteiger partial charge is 0.309 e. The van der Waals surface area contributed by atoms with Crippen LogP contribution in [0.4, 0.5) is 5.13 Å². The Balaban J connectivity index is 1.88. The van der Waals surface area contributed by atoms with Crippen LogP contribution in [-0.4, -0.2) is 43.0 Å². The van der Waals surface area contributed by atoms with Crippen LogP contribution in [0.25, 0.3) is 10.2 Å². The van der Waals surface area contributed by atoms with E-state index in [-0.39, 0.29) is 5.91 Å². The number of amides is 1. The zero-order valence-electron chi connectivity index (χ0n) is 15.8. The number of aromatic nitrogens is 1. The van der Waals surface area contributed by atoms with Crippen molar-refractivity contribution in [2.45, 2.75) is 26.7 Å². The lowest BCUT2D eigenvalue weighted by atomic mass is 10.1. The molecule has 1 aromatic carbocycles. The maximum atomic E-state index is 13.0. The summed E-state index contributed by atoms with van der Waals surface area (Å²) in [6.07, 6.45) is 1.37. The summed E-state index contributed by atoms with van der Waals surface area (Å²) in [5, 5.41) is 2.83. The summed E-state index contributed by atoms with van der Waals surface area (Å²) in [4.78, 5) is 23.0. The molecule has 0 saturated heterocycles. The summed E-state index contributed by atoms with van der Waals surface area (Å²) in [7, 11) is 4.11. The molecule has 0 unspecified atom stereocenters. The van der Waals surface area contributed by atoms with E-state index in [0.717, 1.165) is 33.2 Å². The first-order chi connectivity index (χ1) is 12.5. The molecule has 3 rings (SSSR count). The Kier molecular flexibility index (Phi) is 6.06. The molecule has 0 bridgehead atoms. The van der Waals surface area contributed by atoms with Crippen LogP contribution in [0, 0.1) is 13.8 Å². The van der Waals surface area contributed by atoms with Crippen LogP contribution in [0.5, 0.6) is 0 Å². The van der Waals surface area contributed by atoms with Gasteiger partial charge in [0.2, 0.25) is 5.91 Å². The minimum Gasteiger partial charge on any atom is -0.309 e. The zero-order valence-corrected chi connectivity index (χ0v) is 17.4. The van der Waals surface area contributed by atoms with Crippen molar-refractivity contribution in [2.24, 2.45) is 0 Å². The third kappa shape index (κ3) is 4.31. The number of rotatable bonds is 7. The van der Waals surface area contributed by atoms with Crippen LogP contribution in [0.15, 0.2) is 29.6 Å². The first kappa shape index (κ1) is 19.0. The normalized spacial score (nSPS) is 11.4. The SMILES string of the molecule is Cc1ccc2sc(N(CCCN(C)C)C(=O)Cc3cccs3)nc2c1C. The van der Waals surface area contributed by atoms with Crippen LogP contribution in [0.2, 0.25) is 0 Å². The van der Waals surface area contributed by atoms with Gasteiger partial charge in [-0.1, -0.05) is 23.5 Å². The second kappa shape index (κ2) is 8.29. The molecule has 0 radical (unpaired) electrons. The number of hydrogen-bond acceptors (Lipinski definition) is 5. The monoisotopic (exact) mass is 387 g/mol. The second-order valence-electron chi connectivity index (χ2n) is 6.81. The topological polar surface area (TPSA) is 36.4 Å². The highest BCUT2D eigenvalue weighted by molar-refractivity contribution is 7.22. The molecule has 0 fully saturated rings. The number of carbonyl (C=O) groups is 1. The summed E-state index contributed by atoms with van der Waals surface area (Å²) in [6, 6.07) is 8.25. The van der Waals surface area contributed by atoms with Gasteiger partial charge in [0, 0.05) is 11.4 Å². The van der Waals surface area contributed by atoms with Gasteiger partial charge < -0.3 is 4.90 Å². The van der Waals surface area contributed by atoms with Crippen molar-refractivity contribution in [2.75, 3.05) is 32.1 Å². The van der Waals surface area contributed by atoms with Crippen molar-refractivity contribution >= 4 is 43.9 Å². The predicted octanol–water partition coefficient (Wildman–Crippen LogP) is 4.50. The van der Waals surface area contributed by atoms with Crippen molar-refractivity contribution in [1.82, 2.24) is 9.88 Å². The fraction of sp³-hybridized carbons (Fsp3) is 0.400. The molecule has 0 N–H and O–H groups in total. The molecule has 6 heteroatoms. The van der Waals surface area contributed by atoms with E-state index < -0.39 is 0 Å². The standard InChI is InChI=1S/C20H25N3OS2/c1-14-8-9-17-19(15(14)2)21-20(26-17)23(11-6-10-22(3)4)18(24)13-16-7-5-12-25-16/h5,7-9,12H,6,10-11,13H2,1-4H3. The van der Waals surface area contributed by atoms with Crippen LogP contribution in [0.3, 0.4) is 0 Å². The van der Waals surface area contributed by atoms with E-state index in [0.29, 0.717) is 13.0 Å². The fourth-order valence-electron chi connectivity index (χ4n) is 2.86. The third-order valence-electron chi connectivity index (χ3n) is 4.50. The average molecular weight is 388 g/mol. The van der Waals surface area contributed by atoms with Gasteiger partial charge in [-0.05, 0) is 69.5 Å². The van der Waals surface area contributed by atoms with Crippen molar-refractivity contribution in [3.8, 4) is 0 Å². The Morgan fingerprint density at radius 1 is 1.15 bits per heavy atom. The highest BCUT2D eigenvalue weighted by Gasteiger charge is 2.21. The number of benzene rings is 1. The van der Waals surface area contributed by atoms with Crippen LogP contribution in [0.1, 0.15) is 22.4 Å². The maximum Gasteiger partial charge on any atom is 0.234 e. The summed E-state index contributed by atoms with van der Waals surface area (Å²) in [6.45, 7) is 5.85. The molecule has 2 aromatic heterocycles. The number of hydrogen-bond donors (Lipinski definition) is 0. The minimum absolute atomic E-state index is 0.125.